The summed E-state index contributed by atoms with van der Waals surface area (Å²) in [4.78, 5) is 9.17. The van der Waals surface area contributed by atoms with Gasteiger partial charge in [0.15, 0.2) is 0 Å². The Labute approximate surface area is 127 Å². The molecule has 2 aromatic heterocycles. The number of nitrogens with one attached hydrogen (secondary N) is 1. The third-order valence-electron chi connectivity index (χ3n) is 3.73. The third kappa shape index (κ3) is 3.50. The summed E-state index contributed by atoms with van der Waals surface area (Å²) >= 11 is 0. The van der Waals surface area contributed by atoms with E-state index in [-0.39, 0.29) is 5.54 Å². The standard InChI is InChI=1S/C17H26N4/c1-11-8-12(2)20-16(15(11)9-19-17(5,6)7)21-10-18-13(3)14(21)4/h8,10,19H,9H2,1-7H3. The Hall–Kier alpha value is -1.68. The minimum atomic E-state index is 0.0779. The lowest BCUT2D eigenvalue weighted by molar-refractivity contribution is 0.423. The van der Waals surface area contributed by atoms with Crippen molar-refractivity contribution in [2.45, 2.75) is 60.5 Å². The molecule has 114 valence electrons. The molecule has 0 atom stereocenters. The molecule has 4 nitrogen and oxygen atoms in total. The van der Waals surface area contributed by atoms with Gasteiger partial charge in [-0.1, -0.05) is 0 Å². The molecule has 0 fully saturated rings. The van der Waals surface area contributed by atoms with E-state index in [2.05, 4.69) is 55.6 Å². The minimum absolute atomic E-state index is 0.0779. The first-order valence-corrected chi connectivity index (χ1v) is 7.42. The van der Waals surface area contributed by atoms with Crippen LogP contribution < -0.4 is 5.32 Å². The van der Waals surface area contributed by atoms with E-state index in [4.69, 9.17) is 4.98 Å². The van der Waals surface area contributed by atoms with Gasteiger partial charge in [0.2, 0.25) is 0 Å². The van der Waals surface area contributed by atoms with Crippen LogP contribution in [0.2, 0.25) is 0 Å². The zero-order chi connectivity index (χ0) is 15.8. The van der Waals surface area contributed by atoms with Gasteiger partial charge in [-0.15, -0.1) is 0 Å². The van der Waals surface area contributed by atoms with Crippen molar-refractivity contribution in [1.82, 2.24) is 19.9 Å². The number of aryl methyl sites for hydroxylation is 3. The summed E-state index contributed by atoms with van der Waals surface area (Å²) in [5.74, 6) is 0.988. The van der Waals surface area contributed by atoms with E-state index in [1.807, 2.05) is 20.2 Å². The molecule has 0 aliphatic carbocycles. The van der Waals surface area contributed by atoms with E-state index < -0.39 is 0 Å². The largest absolute Gasteiger partial charge is 0.308 e. The highest BCUT2D eigenvalue weighted by molar-refractivity contribution is 5.43. The number of hydrogen-bond donors (Lipinski definition) is 1. The zero-order valence-electron chi connectivity index (χ0n) is 14.2. The van der Waals surface area contributed by atoms with Gasteiger partial charge in [0.1, 0.15) is 12.1 Å². The maximum absolute atomic E-state index is 4.76. The summed E-state index contributed by atoms with van der Waals surface area (Å²) < 4.78 is 2.09. The van der Waals surface area contributed by atoms with E-state index in [9.17, 15) is 0 Å². The van der Waals surface area contributed by atoms with Crippen LogP contribution in [-0.2, 0) is 6.54 Å². The molecular weight excluding hydrogens is 260 g/mol. The first-order chi connectivity index (χ1) is 9.69. The molecule has 0 aliphatic heterocycles. The monoisotopic (exact) mass is 286 g/mol. The second kappa shape index (κ2) is 5.60. The summed E-state index contributed by atoms with van der Waals surface area (Å²) in [6, 6.07) is 2.14. The SMILES string of the molecule is Cc1cc(C)c(CNC(C)(C)C)c(-n2cnc(C)c2C)n1. The highest BCUT2D eigenvalue weighted by Gasteiger charge is 2.16. The lowest BCUT2D eigenvalue weighted by Crippen LogP contribution is -2.35. The molecule has 2 aromatic rings. The van der Waals surface area contributed by atoms with Crippen molar-refractivity contribution in [3.8, 4) is 5.82 Å². The summed E-state index contributed by atoms with van der Waals surface area (Å²) in [5.41, 5.74) is 5.80. The Kier molecular flexibility index (Phi) is 4.19. The van der Waals surface area contributed by atoms with Gasteiger partial charge in [0, 0.05) is 29.0 Å². The van der Waals surface area contributed by atoms with Crippen LogP contribution in [0.1, 0.15) is 49.0 Å². The zero-order valence-corrected chi connectivity index (χ0v) is 14.2. The predicted octanol–water partition coefficient (Wildman–Crippen LogP) is 3.39. The van der Waals surface area contributed by atoms with Crippen LogP contribution in [-0.4, -0.2) is 20.1 Å². The van der Waals surface area contributed by atoms with Crippen LogP contribution in [0.3, 0.4) is 0 Å². The fourth-order valence-electron chi connectivity index (χ4n) is 2.33. The molecule has 2 rings (SSSR count). The number of hydrogen-bond acceptors (Lipinski definition) is 3. The second-order valence-corrected chi connectivity index (χ2v) is 6.77. The quantitative estimate of drug-likeness (QED) is 0.940. The molecule has 21 heavy (non-hydrogen) atoms. The molecule has 2 heterocycles. The molecule has 4 heteroatoms. The first kappa shape index (κ1) is 15.7. The average Bonchev–Trinajstić information content (AvgIpc) is 2.67. The van der Waals surface area contributed by atoms with Crippen LogP contribution >= 0.6 is 0 Å². The number of rotatable bonds is 3. The smallest absolute Gasteiger partial charge is 0.143 e. The normalized spacial score (nSPS) is 12.0. The number of imidazole rings is 1. The van der Waals surface area contributed by atoms with Gasteiger partial charge >= 0.3 is 0 Å². The van der Waals surface area contributed by atoms with Crippen LogP contribution in [0.25, 0.3) is 5.82 Å². The molecule has 0 bridgehead atoms. The van der Waals surface area contributed by atoms with Gasteiger partial charge < -0.3 is 5.32 Å². The Bertz CT molecular complexity index is 648. The van der Waals surface area contributed by atoms with Crippen molar-refractivity contribution in [3.63, 3.8) is 0 Å². The van der Waals surface area contributed by atoms with Gasteiger partial charge in [0.25, 0.3) is 0 Å². The van der Waals surface area contributed by atoms with E-state index in [0.717, 1.165) is 29.4 Å². The molecular formula is C17H26N4. The predicted molar refractivity (Wildman–Crippen MR) is 86.9 cm³/mol. The van der Waals surface area contributed by atoms with Gasteiger partial charge in [-0.2, -0.15) is 0 Å². The Morgan fingerprint density at radius 1 is 1.14 bits per heavy atom. The van der Waals surface area contributed by atoms with E-state index >= 15 is 0 Å². The second-order valence-electron chi connectivity index (χ2n) is 6.77. The van der Waals surface area contributed by atoms with Crippen LogP contribution in [0.15, 0.2) is 12.4 Å². The molecule has 0 amide bonds. The molecule has 0 saturated carbocycles. The number of pyridine rings is 1. The molecule has 0 saturated heterocycles. The summed E-state index contributed by atoms with van der Waals surface area (Å²) in [6.07, 6.45) is 1.87. The first-order valence-electron chi connectivity index (χ1n) is 7.42. The van der Waals surface area contributed by atoms with Gasteiger partial charge in [-0.05, 0) is 60.1 Å². The fraction of sp³-hybridized carbons (Fsp3) is 0.529. The van der Waals surface area contributed by atoms with Crippen molar-refractivity contribution >= 4 is 0 Å². The molecule has 0 aliphatic rings. The molecule has 1 N–H and O–H groups in total. The number of nitrogens with zero attached hydrogens (tertiary/aromatic N) is 3. The Morgan fingerprint density at radius 3 is 2.33 bits per heavy atom. The minimum Gasteiger partial charge on any atom is -0.308 e. The molecule has 0 aromatic carbocycles. The summed E-state index contributed by atoms with van der Waals surface area (Å²) in [5, 5.41) is 3.56. The van der Waals surface area contributed by atoms with Gasteiger partial charge in [-0.25, -0.2) is 9.97 Å². The van der Waals surface area contributed by atoms with Gasteiger partial charge in [-0.3, -0.25) is 4.57 Å². The van der Waals surface area contributed by atoms with Gasteiger partial charge in [0.05, 0.1) is 5.69 Å². The fourth-order valence-corrected chi connectivity index (χ4v) is 2.33. The summed E-state index contributed by atoms with van der Waals surface area (Å²) in [7, 11) is 0. The van der Waals surface area contributed by atoms with Crippen LogP contribution in [0.5, 0.6) is 0 Å². The van der Waals surface area contributed by atoms with Crippen molar-refractivity contribution in [2.75, 3.05) is 0 Å². The van der Waals surface area contributed by atoms with Crippen LogP contribution in [0, 0.1) is 27.7 Å². The maximum Gasteiger partial charge on any atom is 0.143 e. The summed E-state index contributed by atoms with van der Waals surface area (Å²) in [6.45, 7) is 15.6. The maximum atomic E-state index is 4.76. The molecule has 0 spiro atoms. The lowest BCUT2D eigenvalue weighted by atomic mass is 10.1. The Balaban J connectivity index is 2.51. The molecule has 0 unspecified atom stereocenters. The molecule has 0 radical (unpaired) electrons. The van der Waals surface area contributed by atoms with E-state index in [1.54, 1.807) is 0 Å². The lowest BCUT2D eigenvalue weighted by Gasteiger charge is -2.23. The average molecular weight is 286 g/mol. The van der Waals surface area contributed by atoms with Crippen LogP contribution in [0.4, 0.5) is 0 Å². The van der Waals surface area contributed by atoms with E-state index in [0.29, 0.717) is 0 Å². The third-order valence-corrected chi connectivity index (χ3v) is 3.73. The van der Waals surface area contributed by atoms with Crippen molar-refractivity contribution in [3.05, 3.63) is 40.6 Å². The van der Waals surface area contributed by atoms with Crippen molar-refractivity contribution in [2.24, 2.45) is 0 Å². The van der Waals surface area contributed by atoms with E-state index in [1.165, 1.54) is 11.1 Å². The highest BCUT2D eigenvalue weighted by Crippen LogP contribution is 2.21. The van der Waals surface area contributed by atoms with Crippen molar-refractivity contribution in [1.29, 1.82) is 0 Å². The highest BCUT2D eigenvalue weighted by atomic mass is 15.1. The Morgan fingerprint density at radius 2 is 1.81 bits per heavy atom. The number of aromatic nitrogens is 3. The topological polar surface area (TPSA) is 42.7 Å². The van der Waals surface area contributed by atoms with Crippen molar-refractivity contribution < 1.29 is 0 Å².